The number of hydrogen-bond acceptors (Lipinski definition) is 10. The fourth-order valence-corrected chi connectivity index (χ4v) is 5.47. The molecule has 0 radical (unpaired) electrons. The van der Waals surface area contributed by atoms with Crippen LogP contribution in [0, 0.1) is 11.8 Å². The molecule has 1 aliphatic rings. The summed E-state index contributed by atoms with van der Waals surface area (Å²) in [6.07, 6.45) is 3.37. The molecule has 0 saturated carbocycles. The van der Waals surface area contributed by atoms with Crippen LogP contribution in [0.25, 0.3) is 17.2 Å². The molecule has 1 N–H and O–H groups in total. The second-order valence-electron chi connectivity index (χ2n) is 12.8. The molecule has 0 saturated heterocycles. The topological polar surface area (TPSA) is 138 Å². The molecule has 1 amide bonds. The van der Waals surface area contributed by atoms with Gasteiger partial charge in [0.2, 0.25) is 12.7 Å². The van der Waals surface area contributed by atoms with Gasteiger partial charge < -0.3 is 33.4 Å². The van der Waals surface area contributed by atoms with E-state index < -0.39 is 53.2 Å². The van der Waals surface area contributed by atoms with E-state index >= 15 is 0 Å². The summed E-state index contributed by atoms with van der Waals surface area (Å²) in [4.78, 5) is 45.8. The first-order valence-corrected chi connectivity index (χ1v) is 16.4. The molecule has 5 rings (SSSR count). The third kappa shape index (κ3) is 9.36. The van der Waals surface area contributed by atoms with Crippen LogP contribution in [0.4, 0.5) is 0 Å². The quantitative estimate of drug-likeness (QED) is 0.0780. The maximum Gasteiger partial charge on any atom is 0.339 e. The monoisotopic (exact) mass is 692 g/mol. The van der Waals surface area contributed by atoms with Crippen molar-refractivity contribution in [2.75, 3.05) is 20.4 Å². The second kappa shape index (κ2) is 16.1. The molecule has 0 bridgehead atoms. The van der Waals surface area contributed by atoms with Crippen LogP contribution in [0.15, 0.2) is 94.6 Å². The summed E-state index contributed by atoms with van der Waals surface area (Å²) in [7, 11) is 1.14. The number of esters is 2. The summed E-state index contributed by atoms with van der Waals surface area (Å²) < 4.78 is 27.3. The Hall–Kier alpha value is -6.02. The summed E-state index contributed by atoms with van der Waals surface area (Å²) in [6.45, 7) is 6.69. The Bertz CT molecular complexity index is 1980. The van der Waals surface area contributed by atoms with Gasteiger partial charge >= 0.3 is 11.9 Å². The summed E-state index contributed by atoms with van der Waals surface area (Å²) in [5.74, 6) is 3.58. The predicted octanol–water partition coefficient (Wildman–Crippen LogP) is 6.73. The first-order valence-electron chi connectivity index (χ1n) is 16.4. The number of aliphatic hydroxyl groups is 1. The van der Waals surface area contributed by atoms with Crippen molar-refractivity contribution in [1.82, 2.24) is 9.88 Å². The van der Waals surface area contributed by atoms with Crippen LogP contribution in [0.5, 0.6) is 11.5 Å². The van der Waals surface area contributed by atoms with E-state index in [0.29, 0.717) is 29.4 Å². The van der Waals surface area contributed by atoms with E-state index in [0.717, 1.165) is 23.8 Å². The Morgan fingerprint density at radius 1 is 1.02 bits per heavy atom. The van der Waals surface area contributed by atoms with Crippen molar-refractivity contribution in [2.24, 2.45) is 0 Å². The highest BCUT2D eigenvalue weighted by molar-refractivity contribution is 6.03. The summed E-state index contributed by atoms with van der Waals surface area (Å²) in [5, 5.41) is 11.5. The largest absolute Gasteiger partial charge is 0.503 e. The van der Waals surface area contributed by atoms with Crippen LogP contribution >= 0.6 is 0 Å². The van der Waals surface area contributed by atoms with Gasteiger partial charge in [-0.1, -0.05) is 54.3 Å². The van der Waals surface area contributed by atoms with Crippen molar-refractivity contribution < 1.29 is 42.9 Å². The van der Waals surface area contributed by atoms with Crippen molar-refractivity contribution in [1.29, 1.82) is 0 Å². The molecule has 0 aliphatic carbocycles. The average molecular weight is 693 g/mol. The highest BCUT2D eigenvalue weighted by atomic mass is 16.7. The molecule has 4 aromatic rings. The number of aromatic nitrogens is 1. The van der Waals surface area contributed by atoms with Crippen LogP contribution in [0.3, 0.4) is 0 Å². The molecule has 2 atom stereocenters. The summed E-state index contributed by atoms with van der Waals surface area (Å²) in [5.41, 5.74) is 1.43. The fourth-order valence-electron chi connectivity index (χ4n) is 5.47. The van der Waals surface area contributed by atoms with Gasteiger partial charge in [0, 0.05) is 17.5 Å². The van der Waals surface area contributed by atoms with Crippen LogP contribution < -0.4 is 9.47 Å². The van der Waals surface area contributed by atoms with Crippen LogP contribution in [-0.4, -0.2) is 64.9 Å². The number of oxazole rings is 1. The normalized spacial score (nSPS) is 13.9. The number of carbonyl (C=O) groups excluding carboxylic acids is 3. The average Bonchev–Trinajstić information content (AvgIpc) is 3.76. The summed E-state index contributed by atoms with van der Waals surface area (Å²) in [6, 6.07) is 21.6. The zero-order valence-corrected chi connectivity index (χ0v) is 29.2. The lowest BCUT2D eigenvalue weighted by atomic mass is 9.87. The number of allylic oxidation sites excluding steroid dienone is 1. The maximum absolute atomic E-state index is 14.3. The zero-order chi connectivity index (χ0) is 36.5. The van der Waals surface area contributed by atoms with Gasteiger partial charge in [-0.15, -0.1) is 0 Å². The number of hydrogen-bond donors (Lipinski definition) is 1. The SMILES string of the molecule is COC(=O)CC(C(=O)OC(C)(C)C)=C(O)C(=O)N(CC#Cc1ccccc1)C(C)C(C/C=C/c1nc2ccccc2o1)c1ccc2c(c1)OCO2. The Morgan fingerprint density at radius 3 is 2.47 bits per heavy atom. The Kier molecular flexibility index (Phi) is 11.5. The van der Waals surface area contributed by atoms with Gasteiger partial charge in [0.05, 0.1) is 25.6 Å². The molecular weight excluding hydrogens is 652 g/mol. The number of methoxy groups -OCH3 is 1. The number of para-hydroxylation sites is 2. The number of fused-ring (bicyclic) bond motifs is 2. The number of nitrogens with zero attached hydrogens (tertiary/aromatic N) is 2. The number of amides is 1. The lowest BCUT2D eigenvalue weighted by Crippen LogP contribution is -2.43. The van der Waals surface area contributed by atoms with E-state index in [-0.39, 0.29) is 13.3 Å². The van der Waals surface area contributed by atoms with E-state index in [4.69, 9.17) is 23.4 Å². The van der Waals surface area contributed by atoms with Crippen LogP contribution in [0.2, 0.25) is 0 Å². The third-order valence-corrected chi connectivity index (χ3v) is 8.06. The van der Waals surface area contributed by atoms with Crippen LogP contribution in [0.1, 0.15) is 63.5 Å². The Balaban J connectivity index is 1.55. The first-order chi connectivity index (χ1) is 24.4. The number of carbonyl (C=O) groups is 3. The molecule has 11 heteroatoms. The van der Waals surface area contributed by atoms with Gasteiger partial charge in [-0.05, 0) is 82.2 Å². The summed E-state index contributed by atoms with van der Waals surface area (Å²) >= 11 is 0. The van der Waals surface area contributed by atoms with E-state index in [9.17, 15) is 19.5 Å². The van der Waals surface area contributed by atoms with Crippen molar-refractivity contribution in [2.45, 2.75) is 58.1 Å². The number of aliphatic hydroxyl groups excluding tert-OH is 1. The van der Waals surface area contributed by atoms with Gasteiger partial charge in [-0.2, -0.15) is 0 Å². The van der Waals surface area contributed by atoms with E-state index in [2.05, 4.69) is 16.8 Å². The Morgan fingerprint density at radius 2 is 1.75 bits per heavy atom. The highest BCUT2D eigenvalue weighted by Gasteiger charge is 2.34. The fraction of sp³-hybridized carbons (Fsp3) is 0.300. The van der Waals surface area contributed by atoms with Gasteiger partial charge in [0.25, 0.3) is 5.91 Å². The van der Waals surface area contributed by atoms with Gasteiger partial charge in [0.15, 0.2) is 22.8 Å². The molecule has 51 heavy (non-hydrogen) atoms. The van der Waals surface area contributed by atoms with Gasteiger partial charge in [0.1, 0.15) is 11.1 Å². The Labute approximate surface area is 296 Å². The minimum absolute atomic E-state index is 0.0859. The van der Waals surface area contributed by atoms with Crippen molar-refractivity contribution in [3.05, 3.63) is 107 Å². The number of ether oxygens (including phenoxy) is 4. The molecule has 11 nitrogen and oxygen atoms in total. The molecule has 1 aliphatic heterocycles. The molecule has 3 aromatic carbocycles. The smallest absolute Gasteiger partial charge is 0.339 e. The van der Waals surface area contributed by atoms with E-state index in [1.807, 2.05) is 79.7 Å². The third-order valence-electron chi connectivity index (χ3n) is 8.06. The second-order valence-corrected chi connectivity index (χ2v) is 12.8. The molecule has 264 valence electrons. The number of benzene rings is 3. The highest BCUT2D eigenvalue weighted by Crippen LogP contribution is 2.38. The first kappa shape index (κ1) is 36.3. The predicted molar refractivity (Wildman–Crippen MR) is 190 cm³/mol. The van der Waals surface area contributed by atoms with Crippen molar-refractivity contribution in [3.8, 4) is 23.3 Å². The molecule has 1 aromatic heterocycles. The lowest BCUT2D eigenvalue weighted by Gasteiger charge is -2.34. The van der Waals surface area contributed by atoms with Crippen molar-refractivity contribution >= 4 is 35.0 Å². The minimum Gasteiger partial charge on any atom is -0.503 e. The van der Waals surface area contributed by atoms with E-state index in [1.54, 1.807) is 32.9 Å². The van der Waals surface area contributed by atoms with Gasteiger partial charge in [-0.3, -0.25) is 9.59 Å². The molecular formula is C40H40N2O9. The lowest BCUT2D eigenvalue weighted by molar-refractivity contribution is -0.153. The zero-order valence-electron chi connectivity index (χ0n) is 29.2. The van der Waals surface area contributed by atoms with Crippen molar-refractivity contribution in [3.63, 3.8) is 0 Å². The molecule has 0 fully saturated rings. The molecule has 2 heterocycles. The minimum atomic E-state index is -1.02. The standard InChI is InChI=1S/C40H40N2O9/c1-26(29(28-20-21-33-34(23-28)49-25-48-33)16-11-19-35-41-31-17-9-10-18-32(31)50-35)42(22-12-15-27-13-7-6-8-14-27)38(45)37(44)30(24-36(43)47-5)39(46)51-40(2,3)4/h6-11,13-14,17-21,23,26,29,44H,16,22,24-25H2,1-5H3/b19-11+,37-30?. The maximum atomic E-state index is 14.3. The van der Waals surface area contributed by atoms with Crippen LogP contribution in [-0.2, 0) is 23.9 Å². The van der Waals surface area contributed by atoms with E-state index in [1.165, 1.54) is 4.90 Å². The molecule has 0 spiro atoms. The molecule has 2 unspecified atom stereocenters. The van der Waals surface area contributed by atoms with Gasteiger partial charge in [-0.25, -0.2) is 9.78 Å². The number of rotatable bonds is 11.